The molecule has 2 fully saturated rings. The Morgan fingerprint density at radius 1 is 0.525 bits per heavy atom. The predicted molar refractivity (Wildman–Crippen MR) is 166 cm³/mol. The van der Waals surface area contributed by atoms with Crippen molar-refractivity contribution in [3.63, 3.8) is 0 Å². The zero-order chi connectivity index (χ0) is 26.7. The van der Waals surface area contributed by atoms with Gasteiger partial charge in [0.2, 0.25) is 0 Å². The first kappa shape index (κ1) is 24.9. The minimum Gasteiger partial charge on any atom is -0.379 e. The van der Waals surface area contributed by atoms with Crippen LogP contribution in [-0.2, 0) is 9.47 Å². The van der Waals surface area contributed by atoms with E-state index in [1.165, 1.54) is 32.7 Å². The van der Waals surface area contributed by atoms with Gasteiger partial charge in [0.15, 0.2) is 0 Å². The molecule has 0 amide bonds. The molecule has 2 aliphatic heterocycles. The van der Waals surface area contributed by atoms with Crippen molar-refractivity contribution in [2.45, 2.75) is 24.9 Å². The summed E-state index contributed by atoms with van der Waals surface area (Å²) in [5.41, 5.74) is 6.93. The lowest BCUT2D eigenvalue weighted by atomic mass is 9.88. The number of nitrogens with zero attached hydrogens (tertiary/aromatic N) is 2. The number of fused-ring (bicyclic) bond motifs is 2. The molecule has 2 saturated heterocycles. The highest BCUT2D eigenvalue weighted by atomic mass is 16.5. The van der Waals surface area contributed by atoms with E-state index in [0.717, 1.165) is 48.3 Å². The third-order valence-corrected chi connectivity index (χ3v) is 8.04. The second kappa shape index (κ2) is 11.2. The van der Waals surface area contributed by atoms with E-state index in [1.807, 2.05) is 0 Å². The van der Waals surface area contributed by atoms with Gasteiger partial charge in [-0.15, -0.1) is 0 Å². The molecule has 0 spiro atoms. The summed E-state index contributed by atoms with van der Waals surface area (Å²) in [6.45, 7) is 2.93. The minimum absolute atomic E-state index is 0.199. The summed E-state index contributed by atoms with van der Waals surface area (Å²) in [5, 5.41) is 4.91. The lowest BCUT2D eigenvalue weighted by Gasteiger charge is -2.17. The molecule has 7 rings (SSSR count). The molecular weight excluding hydrogens is 492 g/mol. The molecule has 0 N–H and O–H groups in total. The summed E-state index contributed by atoms with van der Waals surface area (Å²) in [4.78, 5) is 9.99. The van der Waals surface area contributed by atoms with Crippen LogP contribution in [-0.4, -0.2) is 50.9 Å². The summed E-state index contributed by atoms with van der Waals surface area (Å²) in [5.74, 6) is 0. The van der Waals surface area contributed by atoms with Crippen LogP contribution >= 0.6 is 0 Å². The molecule has 0 saturated carbocycles. The normalized spacial score (nSPS) is 19.5. The molecule has 2 atom stereocenters. The van der Waals surface area contributed by atoms with Crippen LogP contribution in [0.2, 0.25) is 0 Å². The van der Waals surface area contributed by atoms with Gasteiger partial charge in [0, 0.05) is 36.8 Å². The summed E-state index contributed by atoms with van der Waals surface area (Å²) < 4.78 is 11.2. The van der Waals surface area contributed by atoms with E-state index < -0.39 is 0 Å². The van der Waals surface area contributed by atoms with Gasteiger partial charge in [-0.3, -0.25) is 9.98 Å². The Balaban J connectivity index is 1.47. The molecule has 0 aliphatic carbocycles. The van der Waals surface area contributed by atoms with Gasteiger partial charge >= 0.3 is 0 Å². The van der Waals surface area contributed by atoms with E-state index in [0.29, 0.717) is 13.2 Å². The standard InChI is InChI=1S/C36H32N2O2/c1-3-11-31-25(7-1)9-5-13-33(31)35-19-28(22-38-30-16-18-40-24-30)36(20-27(35)21-37-29-15-17-39-23-29)34-14-6-10-26-8-2-4-12-32(26)34/h1-14,19-22,29-30H,15-18,23-24H2/t29-,30-/m1/s1. The largest absolute Gasteiger partial charge is 0.379 e. The molecule has 0 radical (unpaired) electrons. The van der Waals surface area contributed by atoms with E-state index in [9.17, 15) is 0 Å². The van der Waals surface area contributed by atoms with Gasteiger partial charge in [-0.2, -0.15) is 0 Å². The average molecular weight is 525 g/mol. The van der Waals surface area contributed by atoms with E-state index >= 15 is 0 Å². The van der Waals surface area contributed by atoms with Crippen molar-refractivity contribution in [1.82, 2.24) is 0 Å². The van der Waals surface area contributed by atoms with E-state index in [4.69, 9.17) is 19.5 Å². The Morgan fingerprint density at radius 3 is 1.43 bits per heavy atom. The zero-order valence-electron chi connectivity index (χ0n) is 22.5. The van der Waals surface area contributed by atoms with Gasteiger partial charge in [-0.25, -0.2) is 0 Å². The van der Waals surface area contributed by atoms with Gasteiger partial charge in [-0.1, -0.05) is 84.9 Å². The topological polar surface area (TPSA) is 43.2 Å². The van der Waals surface area contributed by atoms with E-state index in [2.05, 4.69) is 109 Å². The molecule has 0 bridgehead atoms. The maximum Gasteiger partial charge on any atom is 0.0755 e. The molecule has 5 aromatic carbocycles. The first-order valence-electron chi connectivity index (χ1n) is 14.2. The van der Waals surface area contributed by atoms with Crippen molar-refractivity contribution in [3.05, 3.63) is 108 Å². The van der Waals surface area contributed by atoms with Crippen LogP contribution in [0.1, 0.15) is 24.0 Å². The Hall–Kier alpha value is -4.12. The highest BCUT2D eigenvalue weighted by Gasteiger charge is 2.18. The molecule has 4 heteroatoms. The van der Waals surface area contributed by atoms with Crippen molar-refractivity contribution in [2.24, 2.45) is 9.98 Å². The summed E-state index contributed by atoms with van der Waals surface area (Å²) in [6.07, 6.45) is 6.06. The second-order valence-corrected chi connectivity index (χ2v) is 10.7. The van der Waals surface area contributed by atoms with Crippen LogP contribution in [0.5, 0.6) is 0 Å². The van der Waals surface area contributed by atoms with Crippen LogP contribution in [0.3, 0.4) is 0 Å². The number of ether oxygens (including phenoxy) is 2. The molecule has 2 heterocycles. The molecule has 40 heavy (non-hydrogen) atoms. The molecule has 0 aromatic heterocycles. The molecule has 2 aliphatic rings. The fourth-order valence-corrected chi connectivity index (χ4v) is 5.88. The monoisotopic (exact) mass is 524 g/mol. The fraction of sp³-hybridized carbons (Fsp3) is 0.222. The van der Waals surface area contributed by atoms with Gasteiger partial charge in [-0.05, 0) is 68.8 Å². The SMILES string of the molecule is C(=N[C@@H]1CCOC1)c1cc(-c2cccc3ccccc23)c(C=N[C@@H]2CCOC2)cc1-c1cccc2ccccc12. The molecule has 4 nitrogen and oxygen atoms in total. The van der Waals surface area contributed by atoms with Crippen LogP contribution in [0.25, 0.3) is 43.8 Å². The van der Waals surface area contributed by atoms with Crippen LogP contribution in [0, 0.1) is 0 Å². The number of hydrogen-bond donors (Lipinski definition) is 0. The van der Waals surface area contributed by atoms with Crippen LogP contribution in [0.15, 0.2) is 107 Å². The smallest absolute Gasteiger partial charge is 0.0755 e. The van der Waals surface area contributed by atoms with Crippen LogP contribution in [0.4, 0.5) is 0 Å². The summed E-state index contributed by atoms with van der Waals surface area (Å²) >= 11 is 0. The Kier molecular flexibility index (Phi) is 6.95. The van der Waals surface area contributed by atoms with Crippen molar-refractivity contribution in [2.75, 3.05) is 26.4 Å². The molecule has 5 aromatic rings. The lowest BCUT2D eigenvalue weighted by molar-refractivity contribution is 0.194. The van der Waals surface area contributed by atoms with Crippen molar-refractivity contribution < 1.29 is 9.47 Å². The lowest BCUT2D eigenvalue weighted by Crippen LogP contribution is -2.05. The second-order valence-electron chi connectivity index (χ2n) is 10.7. The first-order chi connectivity index (χ1) is 19.8. The number of rotatable bonds is 6. The fourth-order valence-electron chi connectivity index (χ4n) is 5.88. The highest BCUT2D eigenvalue weighted by Crippen LogP contribution is 2.37. The van der Waals surface area contributed by atoms with Crippen molar-refractivity contribution in [1.29, 1.82) is 0 Å². The Bertz CT molecular complexity index is 1590. The number of aliphatic imine (C=N–C) groups is 2. The first-order valence-corrected chi connectivity index (χ1v) is 14.2. The van der Waals surface area contributed by atoms with E-state index in [-0.39, 0.29) is 12.1 Å². The van der Waals surface area contributed by atoms with Gasteiger partial charge in [0.05, 0.1) is 25.3 Å². The van der Waals surface area contributed by atoms with Crippen LogP contribution < -0.4 is 0 Å². The van der Waals surface area contributed by atoms with Gasteiger partial charge in [0.1, 0.15) is 0 Å². The third-order valence-electron chi connectivity index (χ3n) is 8.04. The third kappa shape index (κ3) is 4.97. The maximum atomic E-state index is 5.62. The van der Waals surface area contributed by atoms with Crippen molar-refractivity contribution >= 4 is 34.0 Å². The number of benzene rings is 5. The Labute approximate surface area is 235 Å². The maximum absolute atomic E-state index is 5.62. The summed E-state index contributed by atoms with van der Waals surface area (Å²) in [7, 11) is 0. The van der Waals surface area contributed by atoms with Gasteiger partial charge in [0.25, 0.3) is 0 Å². The zero-order valence-corrected chi connectivity index (χ0v) is 22.5. The minimum atomic E-state index is 0.199. The Morgan fingerprint density at radius 2 is 0.975 bits per heavy atom. The molecule has 198 valence electrons. The average Bonchev–Trinajstić information content (AvgIpc) is 3.73. The van der Waals surface area contributed by atoms with Gasteiger partial charge < -0.3 is 9.47 Å². The van der Waals surface area contributed by atoms with E-state index in [1.54, 1.807) is 0 Å². The number of hydrogen-bond acceptors (Lipinski definition) is 4. The predicted octanol–water partition coefficient (Wildman–Crippen LogP) is 7.74. The highest BCUT2D eigenvalue weighted by molar-refractivity contribution is 6.07. The quantitative estimate of drug-likeness (QED) is 0.213. The summed E-state index contributed by atoms with van der Waals surface area (Å²) in [6, 6.07) is 35.3. The van der Waals surface area contributed by atoms with Crippen molar-refractivity contribution in [3.8, 4) is 22.3 Å². The molecular formula is C36H32N2O2. The molecule has 0 unspecified atom stereocenters.